The SMILES string of the molecule is Cc1cccc(P(CCNCCP(c2cc(C(F)(F)F)cc(C(F)(F)F)c2)c2cc(C(F)(F)F)cc(C(F)(F)F)c2)c2cc(C)cc(C)c2)c1. The van der Waals surface area contributed by atoms with E-state index in [1.807, 2.05) is 51.1 Å². The molecule has 0 radical (unpaired) electrons. The predicted octanol–water partition coefficient (Wildman–Crippen LogP) is 9.84. The maximum atomic E-state index is 13.8. The summed E-state index contributed by atoms with van der Waals surface area (Å²) >= 11 is 0. The van der Waals surface area contributed by atoms with Gasteiger partial charge in [0.05, 0.1) is 22.3 Å². The minimum Gasteiger partial charge on any atom is -0.316 e. The first-order valence-electron chi connectivity index (χ1n) is 15.0. The highest BCUT2D eigenvalue weighted by Crippen LogP contribution is 2.43. The molecule has 1 unspecified atom stereocenters. The molecule has 0 saturated heterocycles. The van der Waals surface area contributed by atoms with Crippen LogP contribution in [0, 0.1) is 20.8 Å². The van der Waals surface area contributed by atoms with Crippen LogP contribution in [-0.4, -0.2) is 25.4 Å². The van der Waals surface area contributed by atoms with Crippen molar-refractivity contribution >= 4 is 37.1 Å². The van der Waals surface area contributed by atoms with Crippen LogP contribution in [0.2, 0.25) is 0 Å². The van der Waals surface area contributed by atoms with Crippen molar-refractivity contribution < 1.29 is 52.7 Å². The average Bonchev–Trinajstić information content (AvgIpc) is 2.98. The summed E-state index contributed by atoms with van der Waals surface area (Å²) in [6.45, 7) is 6.02. The van der Waals surface area contributed by atoms with E-state index in [9.17, 15) is 52.7 Å². The van der Waals surface area contributed by atoms with Crippen LogP contribution in [0.5, 0.6) is 0 Å². The predicted molar refractivity (Wildman–Crippen MR) is 175 cm³/mol. The first-order chi connectivity index (χ1) is 23.0. The molecular formula is C35H31F12NP2. The van der Waals surface area contributed by atoms with Crippen molar-refractivity contribution in [2.24, 2.45) is 0 Å². The molecule has 1 nitrogen and oxygen atoms in total. The minimum atomic E-state index is -5.28. The molecule has 1 N–H and O–H groups in total. The van der Waals surface area contributed by atoms with Gasteiger partial charge in [-0.2, -0.15) is 52.7 Å². The van der Waals surface area contributed by atoms with Crippen LogP contribution in [0.3, 0.4) is 0 Å². The third-order valence-electron chi connectivity index (χ3n) is 7.62. The summed E-state index contributed by atoms with van der Waals surface area (Å²) in [7, 11) is -3.54. The molecular weight excluding hydrogens is 724 g/mol. The molecule has 0 aliphatic heterocycles. The topological polar surface area (TPSA) is 12.0 Å². The summed E-state index contributed by atoms with van der Waals surface area (Å²) in [5.41, 5.74) is -3.77. The Labute approximate surface area is 283 Å². The maximum Gasteiger partial charge on any atom is 0.416 e. The van der Waals surface area contributed by atoms with Gasteiger partial charge in [0.2, 0.25) is 0 Å². The Bertz CT molecular complexity index is 1630. The molecule has 0 aliphatic carbocycles. The van der Waals surface area contributed by atoms with E-state index in [1.54, 1.807) is 0 Å². The van der Waals surface area contributed by atoms with Crippen molar-refractivity contribution in [1.82, 2.24) is 5.32 Å². The van der Waals surface area contributed by atoms with E-state index in [4.69, 9.17) is 0 Å². The van der Waals surface area contributed by atoms with Crippen molar-refractivity contribution in [3.63, 3.8) is 0 Å². The van der Waals surface area contributed by atoms with Gasteiger partial charge in [-0.25, -0.2) is 0 Å². The van der Waals surface area contributed by atoms with Gasteiger partial charge in [0, 0.05) is 0 Å². The molecule has 0 aliphatic rings. The Morgan fingerprint density at radius 2 is 0.760 bits per heavy atom. The van der Waals surface area contributed by atoms with Crippen molar-refractivity contribution in [1.29, 1.82) is 0 Å². The van der Waals surface area contributed by atoms with Crippen molar-refractivity contribution in [3.05, 3.63) is 118 Å². The third-order valence-corrected chi connectivity index (χ3v) is 12.5. The molecule has 4 aromatic rings. The molecule has 50 heavy (non-hydrogen) atoms. The van der Waals surface area contributed by atoms with Crippen molar-refractivity contribution in [2.75, 3.05) is 25.4 Å². The summed E-state index contributed by atoms with van der Waals surface area (Å²) in [4.78, 5) is 0. The zero-order valence-corrected chi connectivity index (χ0v) is 28.6. The molecule has 0 amide bonds. The largest absolute Gasteiger partial charge is 0.416 e. The Morgan fingerprint density at radius 1 is 0.420 bits per heavy atom. The van der Waals surface area contributed by atoms with Crippen LogP contribution >= 0.6 is 15.8 Å². The molecule has 4 rings (SSSR count). The zero-order valence-electron chi connectivity index (χ0n) is 26.8. The van der Waals surface area contributed by atoms with E-state index in [1.165, 1.54) is 0 Å². The Hall–Kier alpha value is -3.14. The summed E-state index contributed by atoms with van der Waals surface area (Å²) in [5.74, 6) is 0. The highest BCUT2D eigenvalue weighted by molar-refractivity contribution is 7.73. The lowest BCUT2D eigenvalue weighted by Gasteiger charge is -2.24. The van der Waals surface area contributed by atoms with Crippen LogP contribution in [0.4, 0.5) is 52.7 Å². The number of benzene rings is 4. The number of rotatable bonds is 10. The van der Waals surface area contributed by atoms with Gasteiger partial charge in [-0.3, -0.25) is 0 Å². The number of alkyl halides is 12. The summed E-state index contributed by atoms with van der Waals surface area (Å²) in [5, 5.41) is 3.90. The fourth-order valence-electron chi connectivity index (χ4n) is 5.41. The number of nitrogens with one attached hydrogen (secondary N) is 1. The van der Waals surface area contributed by atoms with E-state index >= 15 is 0 Å². The number of hydrogen-bond acceptors (Lipinski definition) is 1. The summed E-state index contributed by atoms with van der Waals surface area (Å²) < 4.78 is 165. The zero-order chi connectivity index (χ0) is 37.2. The quantitative estimate of drug-likeness (QED) is 0.0966. The Kier molecular flexibility index (Phi) is 12.1. The fraction of sp³-hybridized carbons (Fsp3) is 0.314. The lowest BCUT2D eigenvalue weighted by atomic mass is 10.1. The second-order valence-corrected chi connectivity index (χ2v) is 16.4. The monoisotopic (exact) mass is 755 g/mol. The van der Waals surface area contributed by atoms with Crippen molar-refractivity contribution in [2.45, 2.75) is 45.5 Å². The van der Waals surface area contributed by atoms with Gasteiger partial charge in [-0.1, -0.05) is 59.2 Å². The van der Waals surface area contributed by atoms with E-state index in [2.05, 4.69) is 17.4 Å². The second-order valence-electron chi connectivity index (χ2n) is 11.8. The lowest BCUT2D eigenvalue weighted by Crippen LogP contribution is -2.28. The van der Waals surface area contributed by atoms with Crippen LogP contribution in [0.1, 0.15) is 38.9 Å². The third kappa shape index (κ3) is 10.5. The van der Waals surface area contributed by atoms with Gasteiger partial charge in [0.1, 0.15) is 0 Å². The maximum absolute atomic E-state index is 13.8. The van der Waals surface area contributed by atoms with E-state index in [0.717, 1.165) is 27.3 Å². The molecule has 270 valence electrons. The first kappa shape index (κ1) is 39.6. The van der Waals surface area contributed by atoms with Gasteiger partial charge < -0.3 is 5.32 Å². The van der Waals surface area contributed by atoms with Gasteiger partial charge in [0.15, 0.2) is 0 Å². The molecule has 0 bridgehead atoms. The molecule has 15 heteroatoms. The molecule has 0 saturated carbocycles. The highest BCUT2D eigenvalue weighted by atomic mass is 31.1. The lowest BCUT2D eigenvalue weighted by molar-refractivity contribution is -0.144. The number of aryl methyl sites for hydroxylation is 3. The summed E-state index contributed by atoms with van der Waals surface area (Å²) in [6.07, 6.45) is -20.9. The van der Waals surface area contributed by atoms with Gasteiger partial charge in [-0.05, 0) is 120 Å². The standard InChI is InChI=1S/C35H31F12NP2/c1-21-5-4-6-28(12-21)49(29-13-22(2)11-23(3)14-29)9-7-48-8-10-50(30-17-24(32(36,37)38)15-25(18-30)33(39,40)41)31-19-26(34(42,43)44)16-27(20-31)35(45,46)47/h4-6,11-20,48H,7-10H2,1-3H3. The normalized spacial score (nSPS) is 13.6. The number of hydrogen-bond donors (Lipinski definition) is 1. The molecule has 0 heterocycles. The van der Waals surface area contributed by atoms with Gasteiger partial charge in [-0.15, -0.1) is 0 Å². The second kappa shape index (κ2) is 15.2. The van der Waals surface area contributed by atoms with Crippen LogP contribution < -0.4 is 26.5 Å². The van der Waals surface area contributed by atoms with Gasteiger partial charge >= 0.3 is 24.7 Å². The van der Waals surface area contributed by atoms with Gasteiger partial charge in [0.25, 0.3) is 0 Å². The first-order valence-corrected chi connectivity index (χ1v) is 18.1. The Morgan fingerprint density at radius 3 is 1.12 bits per heavy atom. The van der Waals surface area contributed by atoms with Crippen molar-refractivity contribution in [3.8, 4) is 0 Å². The Balaban J connectivity index is 1.72. The molecule has 0 spiro atoms. The fourth-order valence-corrected chi connectivity index (χ4v) is 10.3. The van der Waals surface area contributed by atoms with E-state index in [0.29, 0.717) is 37.0 Å². The smallest absolute Gasteiger partial charge is 0.316 e. The molecule has 0 aromatic heterocycles. The average molecular weight is 756 g/mol. The van der Waals surface area contributed by atoms with E-state index < -0.39 is 73.4 Å². The molecule has 0 fully saturated rings. The molecule has 4 aromatic carbocycles. The summed E-state index contributed by atoms with van der Waals surface area (Å²) in [6, 6.07) is 15.2. The molecule has 1 atom stereocenters. The van der Waals surface area contributed by atoms with Crippen LogP contribution in [0.25, 0.3) is 0 Å². The minimum absolute atomic E-state index is 0.120. The highest BCUT2D eigenvalue weighted by Gasteiger charge is 2.40. The number of halogens is 12. The van der Waals surface area contributed by atoms with Crippen LogP contribution in [0.15, 0.2) is 78.9 Å². The van der Waals surface area contributed by atoms with E-state index in [-0.39, 0.29) is 24.8 Å². The van der Waals surface area contributed by atoms with Crippen LogP contribution in [-0.2, 0) is 24.7 Å².